The van der Waals surface area contributed by atoms with Crippen molar-refractivity contribution in [3.63, 3.8) is 0 Å². The number of ether oxygens (including phenoxy) is 1. The van der Waals surface area contributed by atoms with E-state index in [1.807, 2.05) is 24.3 Å². The molecule has 1 heterocycles. The average Bonchev–Trinajstić information content (AvgIpc) is 3.09. The summed E-state index contributed by atoms with van der Waals surface area (Å²) in [5, 5.41) is 5.76. The molecule has 0 atom stereocenters. The normalized spacial score (nSPS) is 19.2. The number of amides is 2. The van der Waals surface area contributed by atoms with E-state index in [-0.39, 0.29) is 6.03 Å². The van der Waals surface area contributed by atoms with E-state index in [0.717, 1.165) is 37.7 Å². The summed E-state index contributed by atoms with van der Waals surface area (Å²) in [6.07, 6.45) is 8.96. The van der Waals surface area contributed by atoms with Crippen LogP contribution in [-0.2, 0) is 4.74 Å². The zero-order valence-corrected chi connectivity index (χ0v) is 13.5. The number of anilines is 2. The van der Waals surface area contributed by atoms with E-state index in [2.05, 4.69) is 21.6 Å². The average molecular weight is 315 g/mol. The van der Waals surface area contributed by atoms with Crippen molar-refractivity contribution in [2.45, 2.75) is 25.7 Å². The second-order valence-electron chi connectivity index (χ2n) is 6.12. The molecule has 1 saturated carbocycles. The molecule has 1 aliphatic carbocycles. The maximum absolute atomic E-state index is 12.1. The number of morpholine rings is 1. The predicted octanol–water partition coefficient (Wildman–Crippen LogP) is 3.35. The third kappa shape index (κ3) is 4.48. The van der Waals surface area contributed by atoms with Crippen LogP contribution in [-0.4, -0.2) is 32.3 Å². The van der Waals surface area contributed by atoms with Crippen LogP contribution in [0.4, 0.5) is 16.2 Å². The molecule has 1 aliphatic heterocycles. The number of carbonyl (C=O) groups is 1. The first-order valence-electron chi connectivity index (χ1n) is 8.49. The highest BCUT2D eigenvalue weighted by atomic mass is 16.5. The minimum atomic E-state index is -0.194. The summed E-state index contributed by atoms with van der Waals surface area (Å²) in [6, 6.07) is 7.71. The SMILES string of the molecule is O=C(N/C=C/C1CCCC1)Nc1ccccc1N1CCOCC1. The number of nitrogens with one attached hydrogen (secondary N) is 2. The molecule has 3 rings (SSSR count). The molecule has 0 radical (unpaired) electrons. The summed E-state index contributed by atoms with van der Waals surface area (Å²) in [5.41, 5.74) is 1.88. The van der Waals surface area contributed by atoms with Crippen molar-refractivity contribution in [2.24, 2.45) is 5.92 Å². The van der Waals surface area contributed by atoms with Crippen molar-refractivity contribution < 1.29 is 9.53 Å². The number of hydrogen-bond donors (Lipinski definition) is 2. The third-order valence-corrected chi connectivity index (χ3v) is 4.49. The van der Waals surface area contributed by atoms with Crippen LogP contribution >= 0.6 is 0 Å². The van der Waals surface area contributed by atoms with E-state index >= 15 is 0 Å². The molecular weight excluding hydrogens is 290 g/mol. The van der Waals surface area contributed by atoms with Crippen molar-refractivity contribution in [3.8, 4) is 0 Å². The number of urea groups is 1. The first-order valence-corrected chi connectivity index (χ1v) is 8.49. The predicted molar refractivity (Wildman–Crippen MR) is 92.7 cm³/mol. The van der Waals surface area contributed by atoms with Crippen LogP contribution in [0.2, 0.25) is 0 Å². The lowest BCUT2D eigenvalue weighted by atomic mass is 10.1. The molecule has 1 aromatic rings. The molecule has 124 valence electrons. The Bertz CT molecular complexity index is 547. The number of para-hydroxylation sites is 2. The van der Waals surface area contributed by atoms with Gasteiger partial charge in [-0.25, -0.2) is 4.79 Å². The fourth-order valence-corrected chi connectivity index (χ4v) is 3.23. The Hall–Kier alpha value is -2.01. The zero-order valence-electron chi connectivity index (χ0n) is 13.5. The van der Waals surface area contributed by atoms with Crippen molar-refractivity contribution in [1.29, 1.82) is 0 Å². The summed E-state index contributed by atoms with van der Waals surface area (Å²) in [7, 11) is 0. The molecule has 5 heteroatoms. The Balaban J connectivity index is 1.57. The van der Waals surface area contributed by atoms with E-state index in [4.69, 9.17) is 4.74 Å². The fraction of sp³-hybridized carbons (Fsp3) is 0.500. The van der Waals surface area contributed by atoms with E-state index in [1.54, 1.807) is 6.20 Å². The van der Waals surface area contributed by atoms with Gasteiger partial charge in [-0.2, -0.15) is 0 Å². The second-order valence-corrected chi connectivity index (χ2v) is 6.12. The molecule has 2 amide bonds. The summed E-state index contributed by atoms with van der Waals surface area (Å²) in [6.45, 7) is 3.15. The Morgan fingerprint density at radius 2 is 1.91 bits per heavy atom. The summed E-state index contributed by atoms with van der Waals surface area (Å²) in [5.74, 6) is 0.621. The van der Waals surface area contributed by atoms with E-state index in [9.17, 15) is 4.79 Å². The Kier molecular flexibility index (Phi) is 5.53. The lowest BCUT2D eigenvalue weighted by Crippen LogP contribution is -2.37. The molecule has 0 unspecified atom stereocenters. The van der Waals surface area contributed by atoms with Gasteiger partial charge >= 0.3 is 6.03 Å². The molecule has 23 heavy (non-hydrogen) atoms. The molecular formula is C18H25N3O2. The van der Waals surface area contributed by atoms with Gasteiger partial charge in [-0.3, -0.25) is 0 Å². The molecule has 1 aromatic carbocycles. The van der Waals surface area contributed by atoms with Crippen molar-refractivity contribution in [1.82, 2.24) is 5.32 Å². The molecule has 2 N–H and O–H groups in total. The van der Waals surface area contributed by atoms with Gasteiger partial charge in [0.1, 0.15) is 0 Å². The maximum Gasteiger partial charge on any atom is 0.323 e. The highest BCUT2D eigenvalue weighted by Gasteiger charge is 2.15. The molecule has 0 bridgehead atoms. The van der Waals surface area contributed by atoms with Gasteiger partial charge in [0, 0.05) is 19.3 Å². The lowest BCUT2D eigenvalue weighted by Gasteiger charge is -2.30. The van der Waals surface area contributed by atoms with Crippen LogP contribution in [0.5, 0.6) is 0 Å². The number of benzene rings is 1. The fourth-order valence-electron chi connectivity index (χ4n) is 3.23. The quantitative estimate of drug-likeness (QED) is 0.896. The monoisotopic (exact) mass is 315 g/mol. The minimum absolute atomic E-state index is 0.194. The van der Waals surface area contributed by atoms with Gasteiger partial charge in [-0.1, -0.05) is 31.1 Å². The number of nitrogens with zero attached hydrogens (tertiary/aromatic N) is 1. The van der Waals surface area contributed by atoms with E-state index in [0.29, 0.717) is 5.92 Å². The van der Waals surface area contributed by atoms with Crippen LogP contribution < -0.4 is 15.5 Å². The number of allylic oxidation sites excluding steroid dienone is 1. The van der Waals surface area contributed by atoms with Gasteiger partial charge in [-0.15, -0.1) is 0 Å². The number of rotatable bonds is 4. The summed E-state index contributed by atoms with van der Waals surface area (Å²) >= 11 is 0. The highest BCUT2D eigenvalue weighted by Crippen LogP contribution is 2.26. The minimum Gasteiger partial charge on any atom is -0.378 e. The molecule has 2 aliphatic rings. The standard InChI is InChI=1S/C18H25N3O2/c22-18(19-10-9-15-5-1-2-6-15)20-16-7-3-4-8-17(16)21-11-13-23-14-12-21/h3-4,7-10,15H,1-2,5-6,11-14H2,(H2,19,20,22)/b10-9+. The van der Waals surface area contributed by atoms with Crippen LogP contribution in [0, 0.1) is 5.92 Å². The highest BCUT2D eigenvalue weighted by molar-refractivity contribution is 5.93. The van der Waals surface area contributed by atoms with Gasteiger partial charge in [0.25, 0.3) is 0 Å². The molecule has 0 aromatic heterocycles. The van der Waals surface area contributed by atoms with Crippen LogP contribution in [0.25, 0.3) is 0 Å². The van der Waals surface area contributed by atoms with E-state index < -0.39 is 0 Å². The zero-order chi connectivity index (χ0) is 15.9. The van der Waals surface area contributed by atoms with Crippen LogP contribution in [0.1, 0.15) is 25.7 Å². The Morgan fingerprint density at radius 3 is 2.70 bits per heavy atom. The Morgan fingerprint density at radius 1 is 1.17 bits per heavy atom. The van der Waals surface area contributed by atoms with Crippen molar-refractivity contribution >= 4 is 17.4 Å². The van der Waals surface area contributed by atoms with Crippen molar-refractivity contribution in [3.05, 3.63) is 36.5 Å². The van der Waals surface area contributed by atoms with Crippen molar-refractivity contribution in [2.75, 3.05) is 36.5 Å². The summed E-state index contributed by atoms with van der Waals surface area (Å²) in [4.78, 5) is 14.3. The van der Waals surface area contributed by atoms with Gasteiger partial charge in [0.2, 0.25) is 0 Å². The molecule has 1 saturated heterocycles. The molecule has 2 fully saturated rings. The van der Waals surface area contributed by atoms with Crippen LogP contribution in [0.3, 0.4) is 0 Å². The van der Waals surface area contributed by atoms with Gasteiger partial charge in [0.05, 0.1) is 24.6 Å². The first kappa shape index (κ1) is 15.9. The largest absolute Gasteiger partial charge is 0.378 e. The Labute approximate surface area is 137 Å². The lowest BCUT2D eigenvalue weighted by molar-refractivity contribution is 0.123. The topological polar surface area (TPSA) is 53.6 Å². The number of hydrogen-bond acceptors (Lipinski definition) is 3. The third-order valence-electron chi connectivity index (χ3n) is 4.49. The molecule has 5 nitrogen and oxygen atoms in total. The summed E-state index contributed by atoms with van der Waals surface area (Å²) < 4.78 is 5.39. The van der Waals surface area contributed by atoms with Gasteiger partial charge in [0.15, 0.2) is 0 Å². The smallest absolute Gasteiger partial charge is 0.323 e. The van der Waals surface area contributed by atoms with Crippen LogP contribution in [0.15, 0.2) is 36.5 Å². The molecule has 0 spiro atoms. The maximum atomic E-state index is 12.1. The van der Waals surface area contributed by atoms with Gasteiger partial charge in [-0.05, 0) is 30.9 Å². The second kappa shape index (κ2) is 8.02. The first-order chi connectivity index (χ1) is 11.3. The number of carbonyl (C=O) groups excluding carboxylic acids is 1. The van der Waals surface area contributed by atoms with Gasteiger partial charge < -0.3 is 20.3 Å². The van der Waals surface area contributed by atoms with E-state index in [1.165, 1.54) is 25.7 Å².